The zero-order valence-electron chi connectivity index (χ0n) is 10.0. The predicted molar refractivity (Wildman–Crippen MR) is 60.6 cm³/mol. The average molecular weight is 225 g/mol. The molecule has 1 heterocycles. The monoisotopic (exact) mass is 225 g/mol. The van der Waals surface area contributed by atoms with Gasteiger partial charge >= 0.3 is 0 Å². The fourth-order valence-corrected chi connectivity index (χ4v) is 1.43. The molecule has 1 aromatic rings. The van der Waals surface area contributed by atoms with Crippen LogP contribution in [0.25, 0.3) is 0 Å². The lowest BCUT2D eigenvalue weighted by Crippen LogP contribution is -2.36. The van der Waals surface area contributed by atoms with Gasteiger partial charge in [0.25, 0.3) is 0 Å². The quantitative estimate of drug-likeness (QED) is 0.715. The van der Waals surface area contributed by atoms with Gasteiger partial charge in [0.15, 0.2) is 0 Å². The first-order valence-electron chi connectivity index (χ1n) is 5.45. The number of aromatic nitrogens is 3. The molecule has 90 valence electrons. The van der Waals surface area contributed by atoms with Crippen molar-refractivity contribution in [3.8, 4) is 0 Å². The molecule has 1 rings (SSSR count). The van der Waals surface area contributed by atoms with Crippen molar-refractivity contribution >= 4 is 5.91 Å². The second kappa shape index (κ2) is 6.22. The van der Waals surface area contributed by atoms with Crippen molar-refractivity contribution in [3.05, 3.63) is 12.2 Å². The van der Waals surface area contributed by atoms with Crippen molar-refractivity contribution in [3.63, 3.8) is 0 Å². The highest BCUT2D eigenvalue weighted by Crippen LogP contribution is 2.02. The number of amides is 1. The van der Waals surface area contributed by atoms with E-state index < -0.39 is 0 Å². The van der Waals surface area contributed by atoms with E-state index in [1.165, 1.54) is 6.33 Å². The molecule has 0 aliphatic rings. The van der Waals surface area contributed by atoms with E-state index in [2.05, 4.69) is 20.5 Å². The number of nitrogens with zero attached hydrogens (tertiary/aromatic N) is 3. The smallest absolute Gasteiger partial charge is 0.226 e. The van der Waals surface area contributed by atoms with E-state index >= 15 is 0 Å². The standard InChI is InChI=1S/C10H19N5O/c1-4-11-5-8(2)10(16)15(3)6-9-12-7-13-14-9/h7-8,11H,4-6H2,1-3H3,(H,12,13,14). The topological polar surface area (TPSA) is 73.9 Å². The van der Waals surface area contributed by atoms with Gasteiger partial charge in [-0.25, -0.2) is 4.98 Å². The van der Waals surface area contributed by atoms with Gasteiger partial charge in [-0.15, -0.1) is 0 Å². The van der Waals surface area contributed by atoms with Crippen LogP contribution in [-0.2, 0) is 11.3 Å². The van der Waals surface area contributed by atoms with Gasteiger partial charge in [0.2, 0.25) is 5.91 Å². The number of carbonyl (C=O) groups excluding carboxylic acids is 1. The van der Waals surface area contributed by atoms with Crippen LogP contribution in [0.5, 0.6) is 0 Å². The first kappa shape index (κ1) is 12.6. The van der Waals surface area contributed by atoms with Crippen molar-refractivity contribution in [2.75, 3.05) is 20.1 Å². The number of hydrogen-bond acceptors (Lipinski definition) is 4. The Bertz CT molecular complexity index is 311. The van der Waals surface area contributed by atoms with Crippen LogP contribution >= 0.6 is 0 Å². The highest BCUT2D eigenvalue weighted by molar-refractivity contribution is 5.78. The maximum absolute atomic E-state index is 11.9. The molecule has 0 aliphatic heterocycles. The van der Waals surface area contributed by atoms with Crippen LogP contribution in [0.1, 0.15) is 19.7 Å². The van der Waals surface area contributed by atoms with Crippen LogP contribution in [-0.4, -0.2) is 46.1 Å². The van der Waals surface area contributed by atoms with Crippen molar-refractivity contribution in [2.45, 2.75) is 20.4 Å². The lowest BCUT2D eigenvalue weighted by Gasteiger charge is -2.20. The molecule has 1 amide bonds. The Morgan fingerprint density at radius 1 is 1.69 bits per heavy atom. The Morgan fingerprint density at radius 2 is 2.44 bits per heavy atom. The summed E-state index contributed by atoms with van der Waals surface area (Å²) in [6, 6.07) is 0. The zero-order chi connectivity index (χ0) is 12.0. The molecule has 0 bridgehead atoms. The maximum atomic E-state index is 11.9. The molecule has 0 aromatic carbocycles. The number of carbonyl (C=O) groups is 1. The normalized spacial score (nSPS) is 12.4. The van der Waals surface area contributed by atoms with Gasteiger partial charge in [0, 0.05) is 19.5 Å². The summed E-state index contributed by atoms with van der Waals surface area (Å²) < 4.78 is 0. The molecule has 1 atom stereocenters. The van der Waals surface area contributed by atoms with Crippen molar-refractivity contribution < 1.29 is 4.79 Å². The summed E-state index contributed by atoms with van der Waals surface area (Å²) in [5.74, 6) is 0.789. The first-order valence-corrected chi connectivity index (χ1v) is 5.45. The highest BCUT2D eigenvalue weighted by Gasteiger charge is 2.17. The van der Waals surface area contributed by atoms with Gasteiger partial charge in [-0.05, 0) is 6.54 Å². The molecule has 16 heavy (non-hydrogen) atoms. The second-order valence-electron chi connectivity index (χ2n) is 3.84. The summed E-state index contributed by atoms with van der Waals surface area (Å²) in [7, 11) is 1.77. The fraction of sp³-hybridized carbons (Fsp3) is 0.700. The van der Waals surface area contributed by atoms with Crippen molar-refractivity contribution in [1.29, 1.82) is 0 Å². The van der Waals surface area contributed by atoms with Gasteiger partial charge in [-0.3, -0.25) is 9.89 Å². The predicted octanol–water partition coefficient (Wildman–Crippen LogP) is 0.00870. The molecule has 2 N–H and O–H groups in total. The summed E-state index contributed by atoms with van der Waals surface area (Å²) in [6.07, 6.45) is 1.44. The summed E-state index contributed by atoms with van der Waals surface area (Å²) >= 11 is 0. The lowest BCUT2D eigenvalue weighted by atomic mass is 10.1. The molecule has 0 fully saturated rings. The third kappa shape index (κ3) is 3.62. The van der Waals surface area contributed by atoms with E-state index in [9.17, 15) is 4.79 Å². The van der Waals surface area contributed by atoms with Crippen LogP contribution in [0.3, 0.4) is 0 Å². The number of H-pyrrole nitrogens is 1. The SMILES string of the molecule is CCNCC(C)C(=O)N(C)Cc1ncn[nH]1. The van der Waals surface area contributed by atoms with Crippen molar-refractivity contribution in [2.24, 2.45) is 5.92 Å². The van der Waals surface area contributed by atoms with Crippen molar-refractivity contribution in [1.82, 2.24) is 25.4 Å². The Labute approximate surface area is 95.4 Å². The van der Waals surface area contributed by atoms with E-state index in [4.69, 9.17) is 0 Å². The molecule has 0 aliphatic carbocycles. The zero-order valence-corrected chi connectivity index (χ0v) is 10.0. The minimum Gasteiger partial charge on any atom is -0.338 e. The number of nitrogens with one attached hydrogen (secondary N) is 2. The molecule has 0 radical (unpaired) electrons. The van der Waals surface area contributed by atoms with E-state index in [1.807, 2.05) is 13.8 Å². The first-order chi connectivity index (χ1) is 7.65. The maximum Gasteiger partial charge on any atom is 0.226 e. The average Bonchev–Trinajstić information content (AvgIpc) is 2.77. The van der Waals surface area contributed by atoms with Gasteiger partial charge in [0.1, 0.15) is 12.2 Å². The highest BCUT2D eigenvalue weighted by atomic mass is 16.2. The van der Waals surface area contributed by atoms with Crippen LogP contribution in [0.15, 0.2) is 6.33 Å². The molecule has 1 aromatic heterocycles. The number of aromatic amines is 1. The molecule has 6 nitrogen and oxygen atoms in total. The van der Waals surface area contributed by atoms with Gasteiger partial charge in [-0.1, -0.05) is 13.8 Å². The molecule has 0 spiro atoms. The number of rotatable bonds is 6. The summed E-state index contributed by atoms with van der Waals surface area (Å²) in [4.78, 5) is 17.5. The molecule has 0 saturated carbocycles. The minimum absolute atomic E-state index is 0.0205. The minimum atomic E-state index is -0.0205. The number of hydrogen-bond donors (Lipinski definition) is 2. The van der Waals surface area contributed by atoms with Crippen LogP contribution in [0.4, 0.5) is 0 Å². The largest absolute Gasteiger partial charge is 0.338 e. The van der Waals surface area contributed by atoms with Crippen LogP contribution in [0, 0.1) is 5.92 Å². The fourth-order valence-electron chi connectivity index (χ4n) is 1.43. The Hall–Kier alpha value is -1.43. The Balaban J connectivity index is 2.41. The molecular formula is C10H19N5O. The van der Waals surface area contributed by atoms with Gasteiger partial charge in [0.05, 0.1) is 6.54 Å². The molecule has 6 heteroatoms. The summed E-state index contributed by atoms with van der Waals surface area (Å²) in [5, 5.41) is 9.64. The van der Waals surface area contributed by atoms with Crippen LogP contribution < -0.4 is 5.32 Å². The van der Waals surface area contributed by atoms with E-state index in [0.29, 0.717) is 18.9 Å². The van der Waals surface area contributed by atoms with Crippen LogP contribution in [0.2, 0.25) is 0 Å². The van der Waals surface area contributed by atoms with Gasteiger partial charge < -0.3 is 10.2 Å². The summed E-state index contributed by atoms with van der Waals surface area (Å²) in [5.41, 5.74) is 0. The lowest BCUT2D eigenvalue weighted by molar-refractivity contribution is -0.134. The Morgan fingerprint density at radius 3 is 3.00 bits per heavy atom. The summed E-state index contributed by atoms with van der Waals surface area (Å²) in [6.45, 7) is 5.99. The van der Waals surface area contributed by atoms with E-state index in [-0.39, 0.29) is 11.8 Å². The molecule has 1 unspecified atom stereocenters. The molecular weight excluding hydrogens is 206 g/mol. The third-order valence-electron chi connectivity index (χ3n) is 2.35. The second-order valence-corrected chi connectivity index (χ2v) is 3.84. The third-order valence-corrected chi connectivity index (χ3v) is 2.35. The van der Waals surface area contributed by atoms with E-state index in [1.54, 1.807) is 11.9 Å². The molecule has 0 saturated heterocycles. The van der Waals surface area contributed by atoms with Gasteiger partial charge in [-0.2, -0.15) is 5.10 Å². The Kier molecular flexibility index (Phi) is 4.91. The van der Waals surface area contributed by atoms with E-state index in [0.717, 1.165) is 6.54 Å².